The van der Waals surface area contributed by atoms with E-state index in [4.69, 9.17) is 23.7 Å². The molecule has 0 aromatic rings. The van der Waals surface area contributed by atoms with Crippen molar-refractivity contribution >= 4 is 22.6 Å². The van der Waals surface area contributed by atoms with Crippen LogP contribution in [0.2, 0.25) is 0 Å². The smallest absolute Gasteiger partial charge is 0.158 e. The minimum Gasteiger partial charge on any atom is -0.373 e. The minimum atomic E-state index is -0.0528. The normalized spacial score (nSPS) is 40.0. The lowest BCUT2D eigenvalue weighted by molar-refractivity contribution is -0.194. The number of halogens is 1. The number of fused-ring (bicyclic) bond motifs is 1. The zero-order valence-corrected chi connectivity index (χ0v) is 27.5. The molecule has 230 valence electrons. The van der Waals surface area contributed by atoms with Crippen LogP contribution in [-0.2, 0) is 23.7 Å². The summed E-state index contributed by atoms with van der Waals surface area (Å²) in [5, 5.41) is 0. The lowest BCUT2D eigenvalue weighted by Gasteiger charge is -2.31. The molecule has 5 aliphatic rings. The van der Waals surface area contributed by atoms with E-state index in [-0.39, 0.29) is 24.8 Å². The van der Waals surface area contributed by atoms with Crippen LogP contribution in [0.5, 0.6) is 0 Å². The van der Waals surface area contributed by atoms with Gasteiger partial charge in [0.05, 0.1) is 24.4 Å². The van der Waals surface area contributed by atoms with Gasteiger partial charge in [-0.05, 0) is 82.0 Å². The molecule has 5 rings (SSSR count). The van der Waals surface area contributed by atoms with Crippen LogP contribution in [0.1, 0.15) is 123 Å². The molecule has 5 fully saturated rings. The van der Waals surface area contributed by atoms with Crippen molar-refractivity contribution in [3.8, 4) is 0 Å². The first-order chi connectivity index (χ1) is 19.6. The highest BCUT2D eigenvalue weighted by Crippen LogP contribution is 2.48. The van der Waals surface area contributed by atoms with Crippen molar-refractivity contribution in [3.63, 3.8) is 0 Å². The summed E-state index contributed by atoms with van der Waals surface area (Å²) in [5.41, 5.74) is 0. The standard InChI is InChI=1S/C34H57IO5/c1-3-5-11-24-15-16-25(21-24)29(39-33-13-7-9-19-36-33)18-17-26-27-22-32(28(35)12-6-4-2)38-31(27)23-30(26)40-34-14-8-10-20-37-34/h17-18,24-34H,3-16,19-23H2,1-2H3/t24?,25?,26-,27-,28?,29-,30-,31-,32?,33?,34?/m1/s1. The monoisotopic (exact) mass is 672 g/mol. The largest absolute Gasteiger partial charge is 0.373 e. The fourth-order valence-corrected chi connectivity index (χ4v) is 8.96. The zero-order valence-electron chi connectivity index (χ0n) is 25.4. The Morgan fingerprint density at radius 3 is 2.38 bits per heavy atom. The van der Waals surface area contributed by atoms with Crippen molar-refractivity contribution in [2.45, 2.75) is 164 Å². The van der Waals surface area contributed by atoms with Gasteiger partial charge in [0, 0.05) is 29.5 Å². The molecule has 0 aromatic carbocycles. The number of ether oxygens (including phenoxy) is 5. The molecule has 2 saturated carbocycles. The maximum atomic E-state index is 6.78. The highest BCUT2D eigenvalue weighted by molar-refractivity contribution is 14.1. The van der Waals surface area contributed by atoms with E-state index in [0.29, 0.717) is 33.9 Å². The Labute approximate surface area is 258 Å². The van der Waals surface area contributed by atoms with Crippen molar-refractivity contribution in [2.75, 3.05) is 13.2 Å². The van der Waals surface area contributed by atoms with Gasteiger partial charge in [-0.1, -0.05) is 87.1 Å². The third kappa shape index (κ3) is 8.68. The SMILES string of the molecule is CCCCC1CCC([C@@H](C=C[C@@H]2[C@H]3CC(C(I)CCCC)O[C@@H]3C[C@H]2OC2CCCCO2)OC2CCCCO2)C1. The summed E-state index contributed by atoms with van der Waals surface area (Å²) in [4.78, 5) is 0. The molecule has 0 amide bonds. The molecule has 0 aromatic heterocycles. The van der Waals surface area contributed by atoms with Crippen molar-refractivity contribution in [1.82, 2.24) is 0 Å². The summed E-state index contributed by atoms with van der Waals surface area (Å²) < 4.78 is 33.0. The van der Waals surface area contributed by atoms with Crippen LogP contribution < -0.4 is 0 Å². The Hall–Kier alpha value is 0.270. The molecular formula is C34H57IO5. The van der Waals surface area contributed by atoms with Crippen molar-refractivity contribution in [2.24, 2.45) is 23.7 Å². The van der Waals surface area contributed by atoms with Gasteiger partial charge in [-0.2, -0.15) is 0 Å². The lowest BCUT2D eigenvalue weighted by Crippen LogP contribution is -2.33. The summed E-state index contributed by atoms with van der Waals surface area (Å²) in [6.07, 6.45) is 26.5. The Morgan fingerprint density at radius 1 is 0.875 bits per heavy atom. The Kier molecular flexibility index (Phi) is 13.0. The van der Waals surface area contributed by atoms with Crippen LogP contribution in [-0.4, -0.2) is 54.1 Å². The third-order valence-corrected chi connectivity index (χ3v) is 11.8. The summed E-state index contributed by atoms with van der Waals surface area (Å²) in [7, 11) is 0. The predicted octanol–water partition coefficient (Wildman–Crippen LogP) is 8.76. The highest BCUT2D eigenvalue weighted by atomic mass is 127. The van der Waals surface area contributed by atoms with Gasteiger partial charge in [-0.25, -0.2) is 0 Å². The first kappa shape index (κ1) is 31.7. The fourth-order valence-electron chi connectivity index (χ4n) is 8.05. The number of alkyl halides is 1. The molecule has 0 N–H and O–H groups in total. The topological polar surface area (TPSA) is 46.2 Å². The van der Waals surface area contributed by atoms with Gasteiger partial charge in [0.1, 0.15) is 0 Å². The highest BCUT2D eigenvalue weighted by Gasteiger charge is 2.51. The molecule has 11 atom stereocenters. The second kappa shape index (κ2) is 16.4. The molecule has 40 heavy (non-hydrogen) atoms. The number of hydrogen-bond donors (Lipinski definition) is 0. The van der Waals surface area contributed by atoms with Gasteiger partial charge in [0.2, 0.25) is 0 Å². The van der Waals surface area contributed by atoms with Crippen LogP contribution in [0.25, 0.3) is 0 Å². The van der Waals surface area contributed by atoms with Crippen LogP contribution in [0.4, 0.5) is 0 Å². The molecular weight excluding hydrogens is 615 g/mol. The molecule has 3 heterocycles. The second-order valence-corrected chi connectivity index (χ2v) is 15.0. The van der Waals surface area contributed by atoms with Gasteiger partial charge in [-0.15, -0.1) is 0 Å². The van der Waals surface area contributed by atoms with E-state index in [1.807, 2.05) is 0 Å². The maximum Gasteiger partial charge on any atom is 0.158 e. The molecule has 6 unspecified atom stereocenters. The van der Waals surface area contributed by atoms with Gasteiger partial charge in [0.25, 0.3) is 0 Å². The van der Waals surface area contributed by atoms with E-state index >= 15 is 0 Å². The Morgan fingerprint density at radius 2 is 1.65 bits per heavy atom. The Balaban J connectivity index is 1.29. The summed E-state index contributed by atoms with van der Waals surface area (Å²) >= 11 is 2.66. The number of rotatable bonds is 14. The quantitative estimate of drug-likeness (QED) is 0.105. The summed E-state index contributed by atoms with van der Waals surface area (Å²) in [6.45, 7) is 6.27. The van der Waals surface area contributed by atoms with Gasteiger partial charge >= 0.3 is 0 Å². The number of unbranched alkanes of at least 4 members (excludes halogenated alkanes) is 2. The van der Waals surface area contributed by atoms with E-state index in [0.717, 1.165) is 57.7 Å². The third-order valence-electron chi connectivity index (χ3n) is 10.4. The summed E-state index contributed by atoms with van der Waals surface area (Å²) in [6, 6.07) is 0. The minimum absolute atomic E-state index is 0.0466. The molecule has 0 radical (unpaired) electrons. The van der Waals surface area contributed by atoms with Crippen molar-refractivity contribution in [3.05, 3.63) is 12.2 Å². The van der Waals surface area contributed by atoms with Crippen LogP contribution >= 0.6 is 22.6 Å². The predicted molar refractivity (Wildman–Crippen MR) is 169 cm³/mol. The van der Waals surface area contributed by atoms with Gasteiger partial charge in [0.15, 0.2) is 12.6 Å². The first-order valence-electron chi connectivity index (χ1n) is 17.2. The van der Waals surface area contributed by atoms with Gasteiger partial charge in [-0.3, -0.25) is 0 Å². The molecule has 3 saturated heterocycles. The van der Waals surface area contributed by atoms with Crippen LogP contribution in [0.3, 0.4) is 0 Å². The van der Waals surface area contributed by atoms with Gasteiger partial charge < -0.3 is 23.7 Å². The molecule has 6 heteroatoms. The molecule has 3 aliphatic heterocycles. The van der Waals surface area contributed by atoms with E-state index in [1.165, 1.54) is 70.6 Å². The van der Waals surface area contributed by atoms with Crippen molar-refractivity contribution in [1.29, 1.82) is 0 Å². The van der Waals surface area contributed by atoms with E-state index < -0.39 is 0 Å². The molecule has 2 aliphatic carbocycles. The molecule has 0 spiro atoms. The average molecular weight is 673 g/mol. The molecule has 5 nitrogen and oxygen atoms in total. The van der Waals surface area contributed by atoms with Crippen LogP contribution in [0.15, 0.2) is 12.2 Å². The van der Waals surface area contributed by atoms with Crippen molar-refractivity contribution < 1.29 is 23.7 Å². The second-order valence-electron chi connectivity index (χ2n) is 13.4. The van der Waals surface area contributed by atoms with E-state index in [9.17, 15) is 0 Å². The lowest BCUT2D eigenvalue weighted by atomic mass is 9.88. The first-order valence-corrected chi connectivity index (χ1v) is 18.4. The number of hydrogen-bond acceptors (Lipinski definition) is 5. The van der Waals surface area contributed by atoms with E-state index in [2.05, 4.69) is 48.6 Å². The average Bonchev–Trinajstić information content (AvgIpc) is 3.70. The van der Waals surface area contributed by atoms with Crippen LogP contribution in [0, 0.1) is 23.7 Å². The zero-order chi connectivity index (χ0) is 27.7. The molecule has 0 bridgehead atoms. The Bertz CT molecular complexity index is 751. The fraction of sp³-hybridized carbons (Fsp3) is 0.941. The maximum absolute atomic E-state index is 6.78. The summed E-state index contributed by atoms with van der Waals surface area (Å²) in [5.74, 6) is 2.36. The van der Waals surface area contributed by atoms with E-state index in [1.54, 1.807) is 0 Å².